The molecule has 436 valence electrons. The Hall–Kier alpha value is -8.19. The Balaban J connectivity index is 0.900. The quantitative estimate of drug-likeness (QED) is 0.0133. The minimum absolute atomic E-state index is 0.117. The minimum Gasteiger partial charge on any atom is -0.445 e. The summed E-state index contributed by atoms with van der Waals surface area (Å²) in [4.78, 5) is 50.5. The molecule has 0 heterocycles. The van der Waals surface area contributed by atoms with Crippen molar-refractivity contribution in [2.24, 2.45) is 5.92 Å². The number of carbonyl (C=O) groups is 4. The van der Waals surface area contributed by atoms with Gasteiger partial charge < -0.3 is 32.2 Å². The molecule has 4 amide bonds. The van der Waals surface area contributed by atoms with Crippen molar-refractivity contribution in [3.8, 4) is 0 Å². The van der Waals surface area contributed by atoms with Crippen LogP contribution >= 0.6 is 11.8 Å². The summed E-state index contributed by atoms with van der Waals surface area (Å²) in [7, 11) is 2.29. The van der Waals surface area contributed by atoms with Crippen molar-refractivity contribution in [3.63, 3.8) is 0 Å². The minimum atomic E-state index is -2.61. The fourth-order valence-electron chi connectivity index (χ4n) is 8.67. The molecular formula is C66H76N4O11SSi. The lowest BCUT2D eigenvalue weighted by Gasteiger charge is -2.24. The molecule has 0 aliphatic rings. The van der Waals surface area contributed by atoms with Crippen molar-refractivity contribution >= 4 is 79.8 Å². The first-order valence-corrected chi connectivity index (χ1v) is 30.7. The lowest BCUT2D eigenvalue weighted by molar-refractivity contribution is 0.123. The van der Waals surface area contributed by atoms with Gasteiger partial charge in [-0.1, -0.05) is 146 Å². The van der Waals surface area contributed by atoms with Crippen molar-refractivity contribution in [1.82, 2.24) is 0 Å². The fraction of sp³-hybridized carbons (Fsp3) is 0.273. The van der Waals surface area contributed by atoms with Gasteiger partial charge in [0.25, 0.3) is 0 Å². The fourth-order valence-corrected chi connectivity index (χ4v) is 11.7. The molecule has 17 heteroatoms. The van der Waals surface area contributed by atoms with Gasteiger partial charge in [0.2, 0.25) is 0 Å². The summed E-state index contributed by atoms with van der Waals surface area (Å²) in [5, 5.41) is 11.2. The number of benzene rings is 6. The van der Waals surface area contributed by atoms with E-state index in [0.29, 0.717) is 41.5 Å². The maximum atomic E-state index is 12.9. The molecule has 4 N–H and O–H groups in total. The van der Waals surface area contributed by atoms with Crippen molar-refractivity contribution in [2.45, 2.75) is 51.0 Å². The molecule has 0 fully saturated rings. The third kappa shape index (κ3) is 25.6. The number of allylic oxidation sites excluding steroid dienone is 2. The average Bonchev–Trinajstić information content (AvgIpc) is 3.52. The van der Waals surface area contributed by atoms with Crippen LogP contribution in [-0.2, 0) is 45.1 Å². The summed E-state index contributed by atoms with van der Waals surface area (Å²) in [6.45, 7) is 0.525. The van der Waals surface area contributed by atoms with E-state index in [1.165, 1.54) is 0 Å². The van der Waals surface area contributed by atoms with Crippen LogP contribution in [0.25, 0.3) is 12.2 Å². The number of ether oxygens (including phenoxy) is 4. The Bertz CT molecular complexity index is 3040. The zero-order chi connectivity index (χ0) is 58.6. The second-order valence-electron chi connectivity index (χ2n) is 19.1. The van der Waals surface area contributed by atoms with E-state index >= 15 is 0 Å². The van der Waals surface area contributed by atoms with Crippen LogP contribution in [0.15, 0.2) is 194 Å². The molecule has 0 aliphatic carbocycles. The zero-order valence-corrected chi connectivity index (χ0v) is 49.3. The summed E-state index contributed by atoms with van der Waals surface area (Å²) in [5.74, 6) is 2.30. The smallest absolute Gasteiger partial charge is 0.445 e. The number of thioether (sulfide) groups is 1. The Kier molecular flexibility index (Phi) is 28.5. The van der Waals surface area contributed by atoms with Crippen molar-refractivity contribution in [2.75, 3.05) is 80.5 Å². The van der Waals surface area contributed by atoms with E-state index in [1.807, 2.05) is 188 Å². The van der Waals surface area contributed by atoms with Crippen LogP contribution in [0.1, 0.15) is 65.5 Å². The highest BCUT2D eigenvalue weighted by molar-refractivity contribution is 7.99. The van der Waals surface area contributed by atoms with Gasteiger partial charge in [-0.15, -0.1) is 0 Å². The lowest BCUT2D eigenvalue weighted by Crippen LogP contribution is -2.42. The predicted octanol–water partition coefficient (Wildman–Crippen LogP) is 15.5. The van der Waals surface area contributed by atoms with Gasteiger partial charge in [-0.25, -0.2) is 19.2 Å². The largest absolute Gasteiger partial charge is 0.500 e. The van der Waals surface area contributed by atoms with E-state index < -0.39 is 33.2 Å². The highest BCUT2D eigenvalue weighted by Crippen LogP contribution is 2.24. The molecule has 0 radical (unpaired) electrons. The van der Waals surface area contributed by atoms with Gasteiger partial charge in [0, 0.05) is 50.1 Å². The molecule has 0 saturated carbocycles. The third-order valence-electron chi connectivity index (χ3n) is 12.9. The normalized spacial score (nSPS) is 11.9. The van der Waals surface area contributed by atoms with E-state index in [-0.39, 0.29) is 26.4 Å². The molecule has 6 aromatic rings. The Labute approximate surface area is 493 Å². The van der Waals surface area contributed by atoms with Crippen LogP contribution in [-0.4, -0.2) is 92.4 Å². The maximum absolute atomic E-state index is 12.9. The number of rotatable bonds is 33. The summed E-state index contributed by atoms with van der Waals surface area (Å²) < 4.78 is 38.4. The second-order valence-corrected chi connectivity index (χ2v) is 23.4. The molecule has 6 aromatic carbocycles. The SMILES string of the molecule is CO[Si](CCCSCCC(CC=CCOC(=O)Nc1cccc(Cc2cccc(NC(=O)OCC=Cc3ccccc3)c2)c1)CCC=CCOC(=O)Nc1cccc(Cc2cccc(NC(=O)OCC=Cc3ccccc3)c2)c1)(OC)OC. The molecule has 0 bridgehead atoms. The van der Waals surface area contributed by atoms with E-state index in [1.54, 1.807) is 45.6 Å². The number of amides is 4. The average molecular weight is 1160 g/mol. The van der Waals surface area contributed by atoms with Crippen LogP contribution in [0.5, 0.6) is 0 Å². The third-order valence-corrected chi connectivity index (χ3v) is 16.8. The van der Waals surface area contributed by atoms with Crippen LogP contribution < -0.4 is 21.3 Å². The van der Waals surface area contributed by atoms with Crippen molar-refractivity contribution in [3.05, 3.63) is 228 Å². The summed E-state index contributed by atoms with van der Waals surface area (Å²) >= 11 is 1.90. The van der Waals surface area contributed by atoms with Crippen molar-refractivity contribution in [1.29, 1.82) is 0 Å². The molecule has 6 rings (SSSR count). The van der Waals surface area contributed by atoms with Gasteiger partial charge >= 0.3 is 33.2 Å². The molecule has 1 atom stereocenters. The maximum Gasteiger partial charge on any atom is 0.500 e. The number of anilines is 4. The Morgan fingerprint density at radius 1 is 0.446 bits per heavy atom. The molecule has 83 heavy (non-hydrogen) atoms. The highest BCUT2D eigenvalue weighted by atomic mass is 32.2. The molecule has 15 nitrogen and oxygen atoms in total. The first kappa shape index (κ1) is 64.0. The van der Waals surface area contributed by atoms with E-state index in [4.69, 9.17) is 32.2 Å². The molecule has 0 spiro atoms. The topological polar surface area (TPSA) is 181 Å². The molecule has 0 saturated heterocycles. The highest BCUT2D eigenvalue weighted by Gasteiger charge is 2.36. The first-order valence-electron chi connectivity index (χ1n) is 27.7. The number of carbonyl (C=O) groups excluding carboxylic acids is 4. The molecular weight excluding hydrogens is 1080 g/mol. The van der Waals surface area contributed by atoms with Crippen LogP contribution in [0, 0.1) is 5.92 Å². The Morgan fingerprint density at radius 2 is 0.831 bits per heavy atom. The van der Waals surface area contributed by atoms with Crippen LogP contribution in [0.2, 0.25) is 6.04 Å². The standard InChI is InChI=1S/C66H76N4O11SSi/c1-75-83(76-2,77-3)45-21-43-82-44-38-54(27-12-14-40-79-64(72)68-60-35-16-29-56(49-60)47-58-31-18-37-62(51-58)70-66(74)81-42-20-33-53-24-9-5-10-25-53)26-11-6-13-39-78-63(71)67-59-34-15-28-55(48-59)46-57-30-17-36-61(50-57)69-65(73)80-41-19-32-52-22-7-4-8-23-52/h4-10,12-20,22-25,28-37,48-51,54H,11,21,26-27,38-47H2,1-3H3,(H,67,71)(H,68,72)(H,69,73)(H,70,74). The number of nitrogens with one attached hydrogen (secondary N) is 4. The van der Waals surface area contributed by atoms with Crippen LogP contribution in [0.3, 0.4) is 0 Å². The van der Waals surface area contributed by atoms with Gasteiger partial charge in [0.1, 0.15) is 26.4 Å². The van der Waals surface area contributed by atoms with Gasteiger partial charge in [0.05, 0.1) is 0 Å². The van der Waals surface area contributed by atoms with E-state index in [2.05, 4.69) is 27.3 Å². The second kappa shape index (κ2) is 37.0. The number of hydrogen-bond donors (Lipinski definition) is 4. The predicted molar refractivity (Wildman–Crippen MR) is 336 cm³/mol. The molecule has 0 aromatic heterocycles. The van der Waals surface area contributed by atoms with Gasteiger partial charge in [0.15, 0.2) is 0 Å². The van der Waals surface area contributed by atoms with Crippen molar-refractivity contribution < 1.29 is 51.4 Å². The summed E-state index contributed by atoms with van der Waals surface area (Å²) in [6, 6.07) is 50.5. The van der Waals surface area contributed by atoms with Gasteiger partial charge in [-0.05, 0) is 156 Å². The lowest BCUT2D eigenvalue weighted by atomic mass is 9.96. The van der Waals surface area contributed by atoms with E-state index in [9.17, 15) is 19.2 Å². The van der Waals surface area contributed by atoms with Gasteiger partial charge in [-0.3, -0.25) is 21.3 Å². The summed E-state index contributed by atoms with van der Waals surface area (Å²) in [5.41, 5.74) is 8.38. The number of hydrogen-bond acceptors (Lipinski definition) is 12. The monoisotopic (exact) mass is 1160 g/mol. The van der Waals surface area contributed by atoms with Gasteiger partial charge in [-0.2, -0.15) is 11.8 Å². The van der Waals surface area contributed by atoms with E-state index in [0.717, 1.165) is 83.0 Å². The Morgan fingerprint density at radius 3 is 1.23 bits per heavy atom. The molecule has 0 aliphatic heterocycles. The zero-order valence-electron chi connectivity index (χ0n) is 47.5. The van der Waals surface area contributed by atoms with Crippen LogP contribution in [0.4, 0.5) is 41.9 Å². The first-order chi connectivity index (χ1) is 40.6. The summed E-state index contributed by atoms with van der Waals surface area (Å²) in [6.07, 6.45) is 18.6. The molecule has 1 unspecified atom stereocenters.